The molecule has 0 aromatic carbocycles. The Bertz CT molecular complexity index is 305. The largest absolute Gasteiger partial charge is 0.480 e. The first kappa shape index (κ1) is 11.4. The van der Waals surface area contributed by atoms with E-state index in [1.165, 1.54) is 0 Å². The van der Waals surface area contributed by atoms with Crippen LogP contribution in [0.5, 0.6) is 0 Å². The van der Waals surface area contributed by atoms with Crippen LogP contribution >= 0.6 is 0 Å². The van der Waals surface area contributed by atoms with E-state index < -0.39 is 11.4 Å². The van der Waals surface area contributed by atoms with Crippen LogP contribution in [0.15, 0.2) is 0 Å². The summed E-state index contributed by atoms with van der Waals surface area (Å²) in [5.41, 5.74) is -1.22. The number of carboxylic acids is 1. The minimum atomic E-state index is -1.22. The fourth-order valence-corrected chi connectivity index (χ4v) is 2.52. The predicted molar refractivity (Wildman–Crippen MR) is 58.9 cm³/mol. The Balaban J connectivity index is 2.12. The Morgan fingerprint density at radius 1 is 1.19 bits per heavy atom. The lowest BCUT2D eigenvalue weighted by atomic mass is 9.75. The first-order valence-corrected chi connectivity index (χ1v) is 6.09. The molecule has 2 fully saturated rings. The van der Waals surface area contributed by atoms with Crippen LogP contribution in [-0.4, -0.2) is 23.0 Å². The average Bonchev–Trinajstić information content (AvgIpc) is 2.88. The third kappa shape index (κ3) is 1.93. The van der Waals surface area contributed by atoms with Gasteiger partial charge in [-0.25, -0.2) is 0 Å². The van der Waals surface area contributed by atoms with Gasteiger partial charge in [-0.3, -0.25) is 9.59 Å². The van der Waals surface area contributed by atoms with E-state index in [-0.39, 0.29) is 17.9 Å². The van der Waals surface area contributed by atoms with Crippen molar-refractivity contribution in [1.29, 1.82) is 0 Å². The lowest BCUT2D eigenvalue weighted by Gasteiger charge is -2.29. The molecule has 0 spiro atoms. The molecule has 2 saturated carbocycles. The zero-order valence-corrected chi connectivity index (χ0v) is 9.66. The van der Waals surface area contributed by atoms with E-state index in [2.05, 4.69) is 5.32 Å². The molecule has 2 N–H and O–H groups in total. The molecule has 4 nitrogen and oxygen atoms in total. The Morgan fingerprint density at radius 3 is 2.19 bits per heavy atom. The lowest BCUT2D eigenvalue weighted by molar-refractivity contribution is -0.158. The number of carbonyl (C=O) groups is 2. The number of aliphatic carboxylic acids is 1. The molecule has 0 bridgehead atoms. The second-order valence-electron chi connectivity index (χ2n) is 5.24. The molecule has 2 aliphatic carbocycles. The molecule has 1 amide bonds. The second kappa shape index (κ2) is 4.07. The first-order valence-electron chi connectivity index (χ1n) is 6.09. The molecule has 0 radical (unpaired) electrons. The molecule has 16 heavy (non-hydrogen) atoms. The highest BCUT2D eigenvalue weighted by atomic mass is 16.4. The van der Waals surface area contributed by atoms with Crippen molar-refractivity contribution in [1.82, 2.24) is 5.32 Å². The van der Waals surface area contributed by atoms with Crippen molar-refractivity contribution in [3.8, 4) is 0 Å². The summed E-state index contributed by atoms with van der Waals surface area (Å²) >= 11 is 0. The SMILES string of the molecule is CC(C(=O)O)(C(=O)NC1CC1)C1CCCC1. The minimum absolute atomic E-state index is 0.00347. The normalized spacial score (nSPS) is 25.1. The molecule has 2 rings (SSSR count). The summed E-state index contributed by atoms with van der Waals surface area (Å²) in [6.07, 6.45) is 5.80. The Hall–Kier alpha value is -1.06. The molecule has 0 heterocycles. The van der Waals surface area contributed by atoms with Gasteiger partial charge in [0.05, 0.1) is 0 Å². The van der Waals surface area contributed by atoms with Crippen molar-refractivity contribution in [3.63, 3.8) is 0 Å². The molecule has 0 aromatic heterocycles. The van der Waals surface area contributed by atoms with Crippen LogP contribution in [0.1, 0.15) is 45.4 Å². The van der Waals surface area contributed by atoms with Gasteiger partial charge in [-0.2, -0.15) is 0 Å². The number of hydrogen-bond acceptors (Lipinski definition) is 2. The Labute approximate surface area is 95.4 Å². The smallest absolute Gasteiger partial charge is 0.319 e. The molecular formula is C12H19NO3. The molecule has 4 heteroatoms. The molecule has 0 aromatic rings. The van der Waals surface area contributed by atoms with Gasteiger partial charge in [-0.15, -0.1) is 0 Å². The van der Waals surface area contributed by atoms with Gasteiger partial charge in [-0.1, -0.05) is 12.8 Å². The lowest BCUT2D eigenvalue weighted by Crippen LogP contribution is -2.49. The Morgan fingerprint density at radius 2 is 1.75 bits per heavy atom. The number of nitrogens with one attached hydrogen (secondary N) is 1. The first-order chi connectivity index (χ1) is 7.55. The van der Waals surface area contributed by atoms with Crippen LogP contribution in [0, 0.1) is 11.3 Å². The maximum absolute atomic E-state index is 12.1. The number of amides is 1. The van der Waals surface area contributed by atoms with Crippen molar-refractivity contribution >= 4 is 11.9 Å². The van der Waals surface area contributed by atoms with Gasteiger partial charge < -0.3 is 10.4 Å². The fraction of sp³-hybridized carbons (Fsp3) is 0.833. The molecular weight excluding hydrogens is 206 g/mol. The number of carboxylic acid groups (broad SMARTS) is 1. The van der Waals surface area contributed by atoms with Crippen LogP contribution in [0.3, 0.4) is 0 Å². The Kier molecular flexibility index (Phi) is 2.91. The molecule has 0 aliphatic heterocycles. The van der Waals surface area contributed by atoms with Crippen molar-refractivity contribution < 1.29 is 14.7 Å². The van der Waals surface area contributed by atoms with E-state index in [0.29, 0.717) is 0 Å². The third-order valence-corrected chi connectivity index (χ3v) is 4.00. The van der Waals surface area contributed by atoms with E-state index in [1.54, 1.807) is 6.92 Å². The second-order valence-corrected chi connectivity index (χ2v) is 5.24. The van der Waals surface area contributed by atoms with Gasteiger partial charge >= 0.3 is 5.97 Å². The quantitative estimate of drug-likeness (QED) is 0.713. The molecule has 2 aliphatic rings. The van der Waals surface area contributed by atoms with Crippen LogP contribution < -0.4 is 5.32 Å². The molecule has 1 unspecified atom stereocenters. The average molecular weight is 225 g/mol. The highest BCUT2D eigenvalue weighted by Crippen LogP contribution is 2.40. The van der Waals surface area contributed by atoms with Gasteiger partial charge in [-0.05, 0) is 38.5 Å². The fourth-order valence-electron chi connectivity index (χ4n) is 2.52. The topological polar surface area (TPSA) is 66.4 Å². The minimum Gasteiger partial charge on any atom is -0.480 e. The van der Waals surface area contributed by atoms with Gasteiger partial charge in [0.2, 0.25) is 5.91 Å². The zero-order valence-electron chi connectivity index (χ0n) is 9.66. The summed E-state index contributed by atoms with van der Waals surface area (Å²) in [7, 11) is 0. The summed E-state index contributed by atoms with van der Waals surface area (Å²) in [5, 5.41) is 12.2. The highest BCUT2D eigenvalue weighted by Gasteiger charge is 2.49. The van der Waals surface area contributed by atoms with Crippen LogP contribution in [-0.2, 0) is 9.59 Å². The van der Waals surface area contributed by atoms with Crippen molar-refractivity contribution in [2.24, 2.45) is 11.3 Å². The molecule has 0 saturated heterocycles. The van der Waals surface area contributed by atoms with E-state index in [1.807, 2.05) is 0 Å². The maximum atomic E-state index is 12.1. The van der Waals surface area contributed by atoms with E-state index in [9.17, 15) is 14.7 Å². The summed E-state index contributed by atoms with van der Waals surface area (Å²) in [5.74, 6) is -1.25. The third-order valence-electron chi connectivity index (χ3n) is 4.00. The number of hydrogen-bond donors (Lipinski definition) is 2. The van der Waals surface area contributed by atoms with Crippen LogP contribution in [0.25, 0.3) is 0 Å². The van der Waals surface area contributed by atoms with Gasteiger partial charge in [0.1, 0.15) is 5.41 Å². The van der Waals surface area contributed by atoms with Crippen LogP contribution in [0.4, 0.5) is 0 Å². The van der Waals surface area contributed by atoms with Crippen molar-refractivity contribution in [3.05, 3.63) is 0 Å². The zero-order chi connectivity index (χ0) is 11.8. The summed E-state index contributed by atoms with van der Waals surface area (Å²) in [6, 6.07) is 0.229. The summed E-state index contributed by atoms with van der Waals surface area (Å²) in [6.45, 7) is 1.59. The maximum Gasteiger partial charge on any atom is 0.319 e. The summed E-state index contributed by atoms with van der Waals surface area (Å²) in [4.78, 5) is 23.4. The molecule has 90 valence electrons. The standard InChI is InChI=1S/C12H19NO3/c1-12(11(15)16,8-4-2-3-5-8)10(14)13-9-6-7-9/h8-9H,2-7H2,1H3,(H,13,14)(H,15,16). The monoisotopic (exact) mass is 225 g/mol. The van der Waals surface area contributed by atoms with Crippen LogP contribution in [0.2, 0.25) is 0 Å². The van der Waals surface area contributed by atoms with Crippen molar-refractivity contribution in [2.75, 3.05) is 0 Å². The van der Waals surface area contributed by atoms with E-state index in [0.717, 1.165) is 38.5 Å². The number of carbonyl (C=O) groups excluding carboxylic acids is 1. The summed E-state index contributed by atoms with van der Waals surface area (Å²) < 4.78 is 0. The molecule has 1 atom stereocenters. The van der Waals surface area contributed by atoms with Gasteiger partial charge in [0, 0.05) is 6.04 Å². The van der Waals surface area contributed by atoms with Gasteiger partial charge in [0.15, 0.2) is 0 Å². The highest BCUT2D eigenvalue weighted by molar-refractivity contribution is 6.02. The number of rotatable bonds is 4. The van der Waals surface area contributed by atoms with Crippen molar-refractivity contribution in [2.45, 2.75) is 51.5 Å². The predicted octanol–water partition coefficient (Wildman–Crippen LogP) is 1.55. The van der Waals surface area contributed by atoms with E-state index in [4.69, 9.17) is 0 Å². The van der Waals surface area contributed by atoms with Gasteiger partial charge in [0.25, 0.3) is 0 Å². The van der Waals surface area contributed by atoms with E-state index >= 15 is 0 Å².